The van der Waals surface area contributed by atoms with Gasteiger partial charge in [-0.1, -0.05) is 28.1 Å². The highest BCUT2D eigenvalue weighted by Crippen LogP contribution is 2.30. The maximum absolute atomic E-state index is 5.80. The van der Waals surface area contributed by atoms with E-state index < -0.39 is 0 Å². The third-order valence-electron chi connectivity index (χ3n) is 3.30. The Labute approximate surface area is 141 Å². The Balaban J connectivity index is 2.40. The normalized spacial score (nSPS) is 12.6. The van der Waals surface area contributed by atoms with Crippen molar-refractivity contribution in [3.63, 3.8) is 0 Å². The minimum atomic E-state index is -0.148. The highest BCUT2D eigenvalue weighted by atomic mass is 79.9. The zero-order chi connectivity index (χ0) is 15.4. The van der Waals surface area contributed by atoms with Crippen molar-refractivity contribution >= 4 is 31.9 Å². The van der Waals surface area contributed by atoms with E-state index in [-0.39, 0.29) is 6.04 Å². The molecule has 1 atom stereocenters. The molecule has 0 aliphatic heterocycles. The molecule has 0 saturated heterocycles. The zero-order valence-electron chi connectivity index (χ0n) is 11.9. The number of hydrogen-bond acceptors (Lipinski definition) is 4. The molecule has 5 nitrogen and oxygen atoms in total. The molecule has 0 radical (unpaired) electrons. The Morgan fingerprint density at radius 1 is 1.38 bits per heavy atom. The fourth-order valence-corrected chi connectivity index (χ4v) is 2.97. The predicted octanol–water partition coefficient (Wildman–Crippen LogP) is 2.92. The number of nitrogens with one attached hydrogen (secondary N) is 1. The van der Waals surface area contributed by atoms with E-state index >= 15 is 0 Å². The summed E-state index contributed by atoms with van der Waals surface area (Å²) in [7, 11) is 1.68. The molecule has 2 rings (SSSR count). The van der Waals surface area contributed by atoms with Crippen molar-refractivity contribution in [2.24, 2.45) is 5.84 Å². The second-order valence-corrected chi connectivity index (χ2v) is 6.41. The number of aromatic nitrogens is 2. The summed E-state index contributed by atoms with van der Waals surface area (Å²) in [6, 6.07) is 6.03. The van der Waals surface area contributed by atoms with Crippen molar-refractivity contribution in [1.29, 1.82) is 0 Å². The largest absolute Gasteiger partial charge is 0.383 e. The van der Waals surface area contributed by atoms with Crippen LogP contribution in [0.2, 0.25) is 0 Å². The van der Waals surface area contributed by atoms with E-state index in [4.69, 9.17) is 10.6 Å². The van der Waals surface area contributed by atoms with E-state index in [1.165, 1.54) is 0 Å². The summed E-state index contributed by atoms with van der Waals surface area (Å²) in [6.07, 6.45) is 1.78. The molecule has 0 spiro atoms. The van der Waals surface area contributed by atoms with Crippen LogP contribution in [0.25, 0.3) is 0 Å². The van der Waals surface area contributed by atoms with Crippen molar-refractivity contribution in [2.45, 2.75) is 19.5 Å². The second-order valence-electron chi connectivity index (χ2n) is 4.70. The summed E-state index contributed by atoms with van der Waals surface area (Å²) in [6.45, 7) is 3.32. The first kappa shape index (κ1) is 16.6. The Morgan fingerprint density at radius 3 is 2.76 bits per heavy atom. The summed E-state index contributed by atoms with van der Waals surface area (Å²) in [5.41, 5.74) is 6.10. The molecule has 0 bridgehead atoms. The second kappa shape index (κ2) is 7.51. The maximum Gasteiger partial charge on any atom is 0.0889 e. The van der Waals surface area contributed by atoms with Crippen LogP contribution in [0.4, 0.5) is 0 Å². The Kier molecular flexibility index (Phi) is 5.95. The molecule has 0 fully saturated rings. The average molecular weight is 418 g/mol. The lowest BCUT2D eigenvalue weighted by molar-refractivity contribution is 0.182. The van der Waals surface area contributed by atoms with Gasteiger partial charge in [0, 0.05) is 11.6 Å². The van der Waals surface area contributed by atoms with Gasteiger partial charge in [0.05, 0.1) is 35.6 Å². The van der Waals surface area contributed by atoms with Gasteiger partial charge in [0.15, 0.2) is 0 Å². The molecule has 2 aromatic rings. The number of halogens is 2. The smallest absolute Gasteiger partial charge is 0.0889 e. The van der Waals surface area contributed by atoms with Crippen LogP contribution in [-0.4, -0.2) is 23.5 Å². The van der Waals surface area contributed by atoms with Crippen LogP contribution >= 0.6 is 31.9 Å². The highest BCUT2D eigenvalue weighted by molar-refractivity contribution is 9.10. The number of benzene rings is 1. The first-order chi connectivity index (χ1) is 10.1. The van der Waals surface area contributed by atoms with Gasteiger partial charge in [-0.2, -0.15) is 5.10 Å². The van der Waals surface area contributed by atoms with Gasteiger partial charge in [0.25, 0.3) is 0 Å². The average Bonchev–Trinajstić information content (AvgIpc) is 2.83. The third kappa shape index (κ3) is 3.73. The number of hydrazine groups is 1. The molecule has 1 unspecified atom stereocenters. The van der Waals surface area contributed by atoms with Crippen molar-refractivity contribution in [1.82, 2.24) is 15.2 Å². The highest BCUT2D eigenvalue weighted by Gasteiger charge is 2.21. The van der Waals surface area contributed by atoms with Crippen LogP contribution in [0.5, 0.6) is 0 Å². The van der Waals surface area contributed by atoms with Crippen molar-refractivity contribution in [3.05, 3.63) is 50.2 Å². The minimum absolute atomic E-state index is 0.148. The number of nitrogens with zero attached hydrogens (tertiary/aromatic N) is 2. The summed E-state index contributed by atoms with van der Waals surface area (Å²) in [5, 5.41) is 4.37. The van der Waals surface area contributed by atoms with Gasteiger partial charge in [-0.25, -0.2) is 5.43 Å². The van der Waals surface area contributed by atoms with Gasteiger partial charge < -0.3 is 4.74 Å². The van der Waals surface area contributed by atoms with Gasteiger partial charge in [-0.05, 0) is 40.0 Å². The predicted molar refractivity (Wildman–Crippen MR) is 89.8 cm³/mol. The maximum atomic E-state index is 5.80. The number of methoxy groups -OCH3 is 1. The fourth-order valence-electron chi connectivity index (χ4n) is 2.20. The molecular formula is C14H18Br2N4O. The van der Waals surface area contributed by atoms with Crippen LogP contribution in [0, 0.1) is 6.92 Å². The van der Waals surface area contributed by atoms with Gasteiger partial charge in [-0.15, -0.1) is 0 Å². The van der Waals surface area contributed by atoms with Crippen LogP contribution in [0.1, 0.15) is 22.9 Å². The minimum Gasteiger partial charge on any atom is -0.383 e. The van der Waals surface area contributed by atoms with Crippen LogP contribution < -0.4 is 11.3 Å². The molecule has 21 heavy (non-hydrogen) atoms. The molecule has 1 aromatic heterocycles. The zero-order valence-corrected chi connectivity index (χ0v) is 15.1. The summed E-state index contributed by atoms with van der Waals surface area (Å²) in [5.74, 6) is 5.80. The lowest BCUT2D eigenvalue weighted by Gasteiger charge is -2.19. The van der Waals surface area contributed by atoms with Crippen molar-refractivity contribution in [3.8, 4) is 0 Å². The van der Waals surface area contributed by atoms with E-state index in [1.54, 1.807) is 13.3 Å². The van der Waals surface area contributed by atoms with Crippen LogP contribution in [-0.2, 0) is 11.3 Å². The number of rotatable bonds is 6. The molecule has 114 valence electrons. The molecule has 1 heterocycles. The number of hydrogen-bond donors (Lipinski definition) is 2. The summed E-state index contributed by atoms with van der Waals surface area (Å²) >= 11 is 7.07. The quantitative estimate of drug-likeness (QED) is 0.560. The Morgan fingerprint density at radius 2 is 2.14 bits per heavy atom. The monoisotopic (exact) mass is 416 g/mol. The molecule has 1 aromatic carbocycles. The fraction of sp³-hybridized carbons (Fsp3) is 0.357. The summed E-state index contributed by atoms with van der Waals surface area (Å²) in [4.78, 5) is 0. The molecule has 0 amide bonds. The van der Waals surface area contributed by atoms with E-state index in [9.17, 15) is 0 Å². The van der Waals surface area contributed by atoms with Gasteiger partial charge in [0.1, 0.15) is 0 Å². The van der Waals surface area contributed by atoms with Gasteiger partial charge in [-0.3, -0.25) is 10.5 Å². The van der Waals surface area contributed by atoms with Crippen LogP contribution in [0.15, 0.2) is 33.3 Å². The molecule has 0 aliphatic carbocycles. The first-order valence-electron chi connectivity index (χ1n) is 6.50. The van der Waals surface area contributed by atoms with Crippen molar-refractivity contribution in [2.75, 3.05) is 13.7 Å². The van der Waals surface area contributed by atoms with Gasteiger partial charge >= 0.3 is 0 Å². The number of nitrogens with two attached hydrogens (primary N) is 1. The molecular weight excluding hydrogens is 400 g/mol. The Bertz CT molecular complexity index is 615. The SMILES string of the molecule is COCCn1ncc(Br)c1C(NN)c1ccc(Br)c(C)c1. The first-order valence-corrected chi connectivity index (χ1v) is 8.09. The lowest BCUT2D eigenvalue weighted by atomic mass is 10.0. The standard InChI is InChI=1S/C14H18Br2N4O/c1-9-7-10(3-4-11(9)15)13(19-17)14-12(16)8-18-20(14)5-6-21-2/h3-4,7-8,13,19H,5-6,17H2,1-2H3. The molecule has 0 saturated carbocycles. The van der Waals surface area contributed by atoms with E-state index in [0.29, 0.717) is 13.2 Å². The molecule has 3 N–H and O–H groups in total. The van der Waals surface area contributed by atoms with Gasteiger partial charge in [0.2, 0.25) is 0 Å². The molecule has 7 heteroatoms. The summed E-state index contributed by atoms with van der Waals surface area (Å²) < 4.78 is 9.02. The van der Waals surface area contributed by atoms with E-state index in [0.717, 1.165) is 25.8 Å². The molecule has 0 aliphatic rings. The third-order valence-corrected chi connectivity index (χ3v) is 4.80. The van der Waals surface area contributed by atoms with E-state index in [2.05, 4.69) is 55.4 Å². The van der Waals surface area contributed by atoms with E-state index in [1.807, 2.05) is 16.8 Å². The van der Waals surface area contributed by atoms with Crippen molar-refractivity contribution < 1.29 is 4.74 Å². The van der Waals surface area contributed by atoms with Crippen LogP contribution in [0.3, 0.4) is 0 Å². The number of ether oxygens (including phenoxy) is 1. The lowest BCUT2D eigenvalue weighted by Crippen LogP contribution is -2.31. The number of aryl methyl sites for hydroxylation is 1. The Hall–Kier alpha value is -0.730. The topological polar surface area (TPSA) is 65.1 Å².